The molecule has 88 valence electrons. The van der Waals surface area contributed by atoms with E-state index in [9.17, 15) is 4.39 Å². The average Bonchev–Trinajstić information content (AvgIpc) is 2.29. The summed E-state index contributed by atoms with van der Waals surface area (Å²) in [4.78, 5) is 6.00. The first-order valence-corrected chi connectivity index (χ1v) is 6.17. The van der Waals surface area contributed by atoms with E-state index in [1.807, 2.05) is 4.90 Å². The number of hydrogen-bond acceptors (Lipinski definition) is 3. The largest absolute Gasteiger partial charge is 0.396 e. The van der Waals surface area contributed by atoms with E-state index in [-0.39, 0.29) is 18.3 Å². The van der Waals surface area contributed by atoms with Gasteiger partial charge in [-0.1, -0.05) is 0 Å². The summed E-state index contributed by atoms with van der Waals surface area (Å²) >= 11 is 3.18. The highest BCUT2D eigenvalue weighted by Crippen LogP contribution is 2.25. The van der Waals surface area contributed by atoms with Crippen LogP contribution in [0.2, 0.25) is 0 Å². The van der Waals surface area contributed by atoms with Gasteiger partial charge in [0, 0.05) is 30.4 Å². The summed E-state index contributed by atoms with van der Waals surface area (Å²) in [5.41, 5.74) is 0. The highest BCUT2D eigenvalue weighted by atomic mass is 79.9. The number of nitrogens with zero attached hydrogens (tertiary/aromatic N) is 2. The highest BCUT2D eigenvalue weighted by molar-refractivity contribution is 9.10. The fraction of sp³-hybridized carbons (Fsp3) is 0.545. The Hall–Kier alpha value is -0.680. The van der Waals surface area contributed by atoms with Crippen LogP contribution in [0.3, 0.4) is 0 Å². The lowest BCUT2D eigenvalue weighted by Gasteiger charge is -2.32. The van der Waals surface area contributed by atoms with E-state index in [0.29, 0.717) is 16.8 Å². The summed E-state index contributed by atoms with van der Waals surface area (Å²) in [6.45, 7) is 1.65. The zero-order valence-corrected chi connectivity index (χ0v) is 10.5. The van der Waals surface area contributed by atoms with Gasteiger partial charge in [0.15, 0.2) is 11.6 Å². The van der Waals surface area contributed by atoms with Crippen molar-refractivity contribution in [3.8, 4) is 0 Å². The summed E-state index contributed by atoms with van der Waals surface area (Å²) in [6, 6.07) is 1.42. The molecule has 1 fully saturated rings. The molecule has 1 aromatic rings. The van der Waals surface area contributed by atoms with Gasteiger partial charge in [-0.2, -0.15) is 0 Å². The first-order valence-electron chi connectivity index (χ1n) is 5.37. The van der Waals surface area contributed by atoms with Crippen LogP contribution in [0, 0.1) is 11.7 Å². The number of halogens is 2. The number of pyridine rings is 1. The van der Waals surface area contributed by atoms with E-state index < -0.39 is 0 Å². The lowest BCUT2D eigenvalue weighted by molar-refractivity contribution is 0.208. The van der Waals surface area contributed by atoms with Gasteiger partial charge >= 0.3 is 0 Å². The summed E-state index contributed by atoms with van der Waals surface area (Å²) < 4.78 is 14.3. The third-order valence-corrected chi connectivity index (χ3v) is 3.30. The number of aromatic nitrogens is 1. The minimum atomic E-state index is -0.312. The Labute approximate surface area is 102 Å². The van der Waals surface area contributed by atoms with Crippen molar-refractivity contribution in [1.29, 1.82) is 0 Å². The van der Waals surface area contributed by atoms with Gasteiger partial charge in [0.05, 0.1) is 0 Å². The Bertz CT molecular complexity index is 375. The van der Waals surface area contributed by atoms with Crippen LogP contribution >= 0.6 is 15.9 Å². The molecular formula is C11H14BrFN2O. The minimum absolute atomic E-state index is 0.161. The molecule has 0 aromatic carbocycles. The Morgan fingerprint density at radius 2 is 2.44 bits per heavy atom. The van der Waals surface area contributed by atoms with Crippen LogP contribution in [0.25, 0.3) is 0 Å². The molecule has 2 rings (SSSR count). The van der Waals surface area contributed by atoms with Gasteiger partial charge in [0.25, 0.3) is 0 Å². The molecule has 3 nitrogen and oxygen atoms in total. The lowest BCUT2D eigenvalue weighted by atomic mass is 9.99. The average molecular weight is 289 g/mol. The summed E-state index contributed by atoms with van der Waals surface area (Å²) in [5.74, 6) is 0.313. The maximum atomic E-state index is 13.7. The van der Waals surface area contributed by atoms with Gasteiger partial charge in [-0.25, -0.2) is 9.37 Å². The van der Waals surface area contributed by atoms with Crippen LogP contribution < -0.4 is 4.90 Å². The van der Waals surface area contributed by atoms with Crippen LogP contribution in [-0.2, 0) is 0 Å². The summed E-state index contributed by atoms with van der Waals surface area (Å²) in [6.07, 6.45) is 3.58. The number of anilines is 1. The molecule has 1 aliphatic heterocycles. The smallest absolute Gasteiger partial charge is 0.166 e. The van der Waals surface area contributed by atoms with Crippen molar-refractivity contribution in [2.24, 2.45) is 5.92 Å². The molecule has 0 saturated carbocycles. The van der Waals surface area contributed by atoms with Crippen molar-refractivity contribution in [3.05, 3.63) is 22.6 Å². The van der Waals surface area contributed by atoms with E-state index in [1.165, 1.54) is 6.07 Å². The topological polar surface area (TPSA) is 36.4 Å². The van der Waals surface area contributed by atoms with Crippen molar-refractivity contribution in [2.45, 2.75) is 12.8 Å². The number of piperidine rings is 1. The standard InChI is InChI=1S/C11H14BrFN2O/c12-9-4-10(13)11(14-5-9)15-3-1-2-8(6-15)7-16/h4-5,8,16H,1-3,6-7H2. The van der Waals surface area contributed by atoms with Crippen LogP contribution in [-0.4, -0.2) is 29.8 Å². The molecule has 1 N–H and O–H groups in total. The van der Waals surface area contributed by atoms with Crippen molar-refractivity contribution in [1.82, 2.24) is 4.98 Å². The van der Waals surface area contributed by atoms with Crippen molar-refractivity contribution in [3.63, 3.8) is 0 Å². The number of aliphatic hydroxyl groups excluding tert-OH is 1. The van der Waals surface area contributed by atoms with E-state index >= 15 is 0 Å². The first-order chi connectivity index (χ1) is 7.70. The van der Waals surface area contributed by atoms with Crippen LogP contribution in [0.5, 0.6) is 0 Å². The highest BCUT2D eigenvalue weighted by Gasteiger charge is 2.22. The number of hydrogen-bond donors (Lipinski definition) is 1. The van der Waals surface area contributed by atoms with Gasteiger partial charge < -0.3 is 10.0 Å². The monoisotopic (exact) mass is 288 g/mol. The zero-order valence-electron chi connectivity index (χ0n) is 8.87. The number of aliphatic hydroxyl groups is 1. The van der Waals surface area contributed by atoms with E-state index in [4.69, 9.17) is 5.11 Å². The quantitative estimate of drug-likeness (QED) is 0.906. The fourth-order valence-electron chi connectivity index (χ4n) is 2.05. The van der Waals surface area contributed by atoms with E-state index in [0.717, 1.165) is 19.4 Å². The van der Waals surface area contributed by atoms with Crippen molar-refractivity contribution < 1.29 is 9.50 Å². The van der Waals surface area contributed by atoms with Gasteiger partial charge in [-0.15, -0.1) is 0 Å². The molecule has 1 aromatic heterocycles. The lowest BCUT2D eigenvalue weighted by Crippen LogP contribution is -2.37. The normalized spacial score (nSPS) is 21.2. The Morgan fingerprint density at radius 3 is 3.12 bits per heavy atom. The number of rotatable bonds is 2. The molecule has 0 bridgehead atoms. The van der Waals surface area contributed by atoms with Gasteiger partial charge in [-0.3, -0.25) is 0 Å². The molecule has 1 aliphatic rings. The van der Waals surface area contributed by atoms with Crippen LogP contribution in [0.1, 0.15) is 12.8 Å². The second-order valence-corrected chi connectivity index (χ2v) is 5.01. The van der Waals surface area contributed by atoms with Crippen molar-refractivity contribution >= 4 is 21.7 Å². The maximum Gasteiger partial charge on any atom is 0.166 e. The molecule has 0 amide bonds. The molecule has 5 heteroatoms. The molecule has 16 heavy (non-hydrogen) atoms. The van der Waals surface area contributed by atoms with Crippen LogP contribution in [0.4, 0.5) is 10.2 Å². The minimum Gasteiger partial charge on any atom is -0.396 e. The second-order valence-electron chi connectivity index (χ2n) is 4.10. The molecular weight excluding hydrogens is 275 g/mol. The molecule has 1 unspecified atom stereocenters. The summed E-state index contributed by atoms with van der Waals surface area (Å²) in [5, 5.41) is 9.12. The zero-order chi connectivity index (χ0) is 11.5. The SMILES string of the molecule is OCC1CCCN(c2ncc(Br)cc2F)C1. The predicted molar refractivity (Wildman–Crippen MR) is 63.9 cm³/mol. The molecule has 0 radical (unpaired) electrons. The Kier molecular flexibility index (Phi) is 3.76. The van der Waals surface area contributed by atoms with Gasteiger partial charge in [0.2, 0.25) is 0 Å². The van der Waals surface area contributed by atoms with E-state index in [1.54, 1.807) is 6.20 Å². The molecule has 1 atom stereocenters. The molecule has 2 heterocycles. The van der Waals surface area contributed by atoms with Crippen molar-refractivity contribution in [2.75, 3.05) is 24.6 Å². The third-order valence-electron chi connectivity index (χ3n) is 2.87. The Morgan fingerprint density at radius 1 is 1.62 bits per heavy atom. The molecule has 0 spiro atoms. The Balaban J connectivity index is 2.16. The van der Waals surface area contributed by atoms with Gasteiger partial charge in [-0.05, 0) is 40.8 Å². The third kappa shape index (κ3) is 2.52. The second kappa shape index (κ2) is 5.10. The van der Waals surface area contributed by atoms with E-state index in [2.05, 4.69) is 20.9 Å². The van der Waals surface area contributed by atoms with Crippen LogP contribution in [0.15, 0.2) is 16.7 Å². The van der Waals surface area contributed by atoms with Gasteiger partial charge in [0.1, 0.15) is 0 Å². The first kappa shape index (κ1) is 11.8. The fourth-order valence-corrected chi connectivity index (χ4v) is 2.35. The maximum absolute atomic E-state index is 13.7. The molecule has 0 aliphatic carbocycles. The summed E-state index contributed by atoms with van der Waals surface area (Å²) in [7, 11) is 0. The molecule has 1 saturated heterocycles. The predicted octanol–water partition coefficient (Wildman–Crippen LogP) is 2.19.